The Kier molecular flexibility index (Phi) is 7.88. The first-order valence-electron chi connectivity index (χ1n) is 9.58. The Hall–Kier alpha value is -2.31. The summed E-state index contributed by atoms with van der Waals surface area (Å²) in [5, 5.41) is 6.40. The number of aliphatic imine (C=N–C) groups is 1. The monoisotopic (exact) mass is 378 g/mol. The summed E-state index contributed by atoms with van der Waals surface area (Å²) < 4.78 is 19.8. The third-order valence-corrected chi connectivity index (χ3v) is 4.42. The highest BCUT2D eigenvalue weighted by molar-refractivity contribution is 5.81. The predicted molar refractivity (Wildman–Crippen MR) is 105 cm³/mol. The fourth-order valence-electron chi connectivity index (χ4n) is 2.49. The Labute approximate surface area is 161 Å². The SMILES string of the molecule is CCNC(=NCCC(=O)N(C)C)NC(C)c1ccc(OCC2CC2)c(F)c1. The van der Waals surface area contributed by atoms with E-state index in [1.165, 1.54) is 18.9 Å². The van der Waals surface area contributed by atoms with Gasteiger partial charge < -0.3 is 20.3 Å². The number of halogens is 1. The number of ether oxygens (including phenoxy) is 1. The Morgan fingerprint density at radius 2 is 2.15 bits per heavy atom. The lowest BCUT2D eigenvalue weighted by Crippen LogP contribution is -2.39. The van der Waals surface area contributed by atoms with Crippen molar-refractivity contribution in [2.75, 3.05) is 33.8 Å². The highest BCUT2D eigenvalue weighted by atomic mass is 19.1. The van der Waals surface area contributed by atoms with E-state index in [0.717, 1.165) is 5.56 Å². The van der Waals surface area contributed by atoms with Crippen molar-refractivity contribution in [2.24, 2.45) is 10.9 Å². The molecule has 1 atom stereocenters. The third-order valence-electron chi connectivity index (χ3n) is 4.42. The normalized spacial score (nSPS) is 15.2. The molecule has 1 aliphatic rings. The van der Waals surface area contributed by atoms with E-state index in [1.54, 1.807) is 25.1 Å². The largest absolute Gasteiger partial charge is 0.490 e. The van der Waals surface area contributed by atoms with Gasteiger partial charge in [-0.1, -0.05) is 6.07 Å². The summed E-state index contributed by atoms with van der Waals surface area (Å²) in [4.78, 5) is 17.6. The average molecular weight is 378 g/mol. The number of benzene rings is 1. The number of nitrogens with zero attached hydrogens (tertiary/aromatic N) is 2. The molecule has 1 fully saturated rings. The van der Waals surface area contributed by atoms with Gasteiger partial charge >= 0.3 is 0 Å². The van der Waals surface area contributed by atoms with Crippen LogP contribution in [0.15, 0.2) is 23.2 Å². The van der Waals surface area contributed by atoms with Crippen LogP contribution in [0.2, 0.25) is 0 Å². The van der Waals surface area contributed by atoms with E-state index in [4.69, 9.17) is 4.74 Å². The molecule has 0 saturated heterocycles. The van der Waals surface area contributed by atoms with E-state index >= 15 is 0 Å². The molecule has 0 spiro atoms. The molecule has 1 aromatic rings. The third kappa shape index (κ3) is 7.07. The first-order chi connectivity index (χ1) is 12.9. The number of rotatable bonds is 9. The van der Waals surface area contributed by atoms with Crippen molar-refractivity contribution >= 4 is 11.9 Å². The van der Waals surface area contributed by atoms with Gasteiger partial charge in [0.2, 0.25) is 5.91 Å². The van der Waals surface area contributed by atoms with Gasteiger partial charge in [-0.15, -0.1) is 0 Å². The molecule has 1 saturated carbocycles. The maximum atomic E-state index is 14.3. The van der Waals surface area contributed by atoms with Gasteiger partial charge in [0.05, 0.1) is 19.2 Å². The number of amides is 1. The van der Waals surface area contributed by atoms with Crippen LogP contribution >= 0.6 is 0 Å². The average Bonchev–Trinajstić information content (AvgIpc) is 3.44. The molecule has 150 valence electrons. The van der Waals surface area contributed by atoms with Crippen molar-refractivity contribution in [1.82, 2.24) is 15.5 Å². The zero-order valence-corrected chi connectivity index (χ0v) is 16.7. The quantitative estimate of drug-likeness (QED) is 0.512. The summed E-state index contributed by atoms with van der Waals surface area (Å²) in [5.74, 6) is 1.18. The number of guanidine groups is 1. The van der Waals surface area contributed by atoms with Crippen LogP contribution in [0.1, 0.15) is 44.7 Å². The number of carbonyl (C=O) groups excluding carboxylic acids is 1. The van der Waals surface area contributed by atoms with Crippen molar-refractivity contribution in [1.29, 1.82) is 0 Å². The lowest BCUT2D eigenvalue weighted by molar-refractivity contribution is -0.128. The van der Waals surface area contributed by atoms with E-state index in [-0.39, 0.29) is 17.8 Å². The summed E-state index contributed by atoms with van der Waals surface area (Å²) in [7, 11) is 3.45. The fraction of sp³-hybridized carbons (Fsp3) is 0.600. The number of carbonyl (C=O) groups is 1. The van der Waals surface area contributed by atoms with E-state index in [0.29, 0.717) is 43.7 Å². The molecule has 2 rings (SSSR count). The van der Waals surface area contributed by atoms with Crippen LogP contribution in [-0.4, -0.2) is 50.6 Å². The molecule has 0 heterocycles. The van der Waals surface area contributed by atoms with Crippen LogP contribution < -0.4 is 15.4 Å². The standard InChI is InChI=1S/C20H31FN4O2/c1-5-22-20(23-11-10-19(26)25(3)4)24-14(2)16-8-9-18(17(21)12-16)27-13-15-6-7-15/h8-9,12,14-15H,5-7,10-11,13H2,1-4H3,(H2,22,23,24). The molecule has 7 heteroatoms. The molecule has 1 unspecified atom stereocenters. The summed E-state index contributed by atoms with van der Waals surface area (Å²) >= 11 is 0. The van der Waals surface area contributed by atoms with Crippen molar-refractivity contribution in [3.8, 4) is 5.75 Å². The van der Waals surface area contributed by atoms with E-state index in [9.17, 15) is 9.18 Å². The minimum Gasteiger partial charge on any atom is -0.490 e. The van der Waals surface area contributed by atoms with E-state index in [1.807, 2.05) is 19.9 Å². The second kappa shape index (κ2) is 10.1. The maximum Gasteiger partial charge on any atom is 0.223 e. The zero-order valence-electron chi connectivity index (χ0n) is 16.7. The number of nitrogens with one attached hydrogen (secondary N) is 2. The Morgan fingerprint density at radius 3 is 2.74 bits per heavy atom. The lowest BCUT2D eigenvalue weighted by atomic mass is 10.1. The second-order valence-electron chi connectivity index (χ2n) is 7.11. The molecule has 1 amide bonds. The molecule has 0 radical (unpaired) electrons. The zero-order chi connectivity index (χ0) is 19.8. The van der Waals surface area contributed by atoms with Crippen LogP contribution in [0.5, 0.6) is 5.75 Å². The van der Waals surface area contributed by atoms with Crippen LogP contribution in [0.4, 0.5) is 4.39 Å². The van der Waals surface area contributed by atoms with E-state index < -0.39 is 0 Å². The molecule has 0 bridgehead atoms. The van der Waals surface area contributed by atoms with Crippen molar-refractivity contribution in [3.05, 3.63) is 29.6 Å². The molecule has 6 nitrogen and oxygen atoms in total. The summed E-state index contributed by atoms with van der Waals surface area (Å²) in [6.07, 6.45) is 2.69. The maximum absolute atomic E-state index is 14.3. The topological polar surface area (TPSA) is 66.0 Å². The molecule has 1 aliphatic carbocycles. The molecule has 2 N–H and O–H groups in total. The van der Waals surface area contributed by atoms with Crippen LogP contribution in [-0.2, 0) is 4.79 Å². The Morgan fingerprint density at radius 1 is 1.41 bits per heavy atom. The van der Waals surface area contributed by atoms with Gasteiger partial charge in [-0.3, -0.25) is 9.79 Å². The molecular formula is C20H31FN4O2. The number of hydrogen-bond acceptors (Lipinski definition) is 3. The molecular weight excluding hydrogens is 347 g/mol. The van der Waals surface area contributed by atoms with Crippen LogP contribution in [0, 0.1) is 11.7 Å². The van der Waals surface area contributed by atoms with Gasteiger partial charge in [-0.05, 0) is 50.3 Å². The molecule has 0 aliphatic heterocycles. The van der Waals surface area contributed by atoms with Gasteiger partial charge in [0.25, 0.3) is 0 Å². The predicted octanol–water partition coefficient (Wildman–Crippen LogP) is 2.71. The van der Waals surface area contributed by atoms with Crippen LogP contribution in [0.3, 0.4) is 0 Å². The fourth-order valence-corrected chi connectivity index (χ4v) is 2.49. The van der Waals surface area contributed by atoms with E-state index in [2.05, 4.69) is 15.6 Å². The second-order valence-corrected chi connectivity index (χ2v) is 7.11. The first-order valence-corrected chi connectivity index (χ1v) is 9.58. The van der Waals surface area contributed by atoms with Gasteiger partial charge in [-0.25, -0.2) is 4.39 Å². The Bertz CT molecular complexity index is 659. The summed E-state index contributed by atoms with van der Waals surface area (Å²) in [6.45, 7) is 5.59. The van der Waals surface area contributed by atoms with Gasteiger partial charge in [0, 0.05) is 27.1 Å². The van der Waals surface area contributed by atoms with Crippen molar-refractivity contribution in [2.45, 2.75) is 39.2 Å². The van der Waals surface area contributed by atoms with Crippen LogP contribution in [0.25, 0.3) is 0 Å². The van der Waals surface area contributed by atoms with Crippen molar-refractivity contribution in [3.63, 3.8) is 0 Å². The Balaban J connectivity index is 1.93. The summed E-state index contributed by atoms with van der Waals surface area (Å²) in [5.41, 5.74) is 0.807. The molecule has 27 heavy (non-hydrogen) atoms. The number of hydrogen-bond donors (Lipinski definition) is 2. The minimum absolute atomic E-state index is 0.0338. The van der Waals surface area contributed by atoms with Gasteiger partial charge in [-0.2, -0.15) is 0 Å². The van der Waals surface area contributed by atoms with Gasteiger partial charge in [0.1, 0.15) is 0 Å². The van der Waals surface area contributed by atoms with Crippen molar-refractivity contribution < 1.29 is 13.9 Å². The summed E-state index contributed by atoms with van der Waals surface area (Å²) in [6, 6.07) is 4.91. The lowest BCUT2D eigenvalue weighted by Gasteiger charge is -2.19. The van der Waals surface area contributed by atoms with Gasteiger partial charge in [0.15, 0.2) is 17.5 Å². The highest BCUT2D eigenvalue weighted by Gasteiger charge is 2.22. The highest BCUT2D eigenvalue weighted by Crippen LogP contribution is 2.30. The minimum atomic E-state index is -0.347. The smallest absolute Gasteiger partial charge is 0.223 e. The first kappa shape index (κ1) is 21.0. The molecule has 1 aromatic carbocycles. The molecule has 0 aromatic heterocycles.